The first kappa shape index (κ1) is 14.8. The van der Waals surface area contributed by atoms with Crippen LogP contribution in [0.4, 0.5) is 0 Å². The zero-order valence-electron chi connectivity index (χ0n) is 12.9. The molecule has 1 unspecified atom stereocenters. The molecule has 0 aliphatic carbocycles. The van der Waals surface area contributed by atoms with Gasteiger partial charge in [0, 0.05) is 37.1 Å². The van der Waals surface area contributed by atoms with Crippen LogP contribution in [-0.4, -0.2) is 39.7 Å². The van der Waals surface area contributed by atoms with Crippen LogP contribution in [0.25, 0.3) is 5.69 Å². The average Bonchev–Trinajstić information content (AvgIpc) is 3.09. The molecule has 0 bridgehead atoms. The van der Waals surface area contributed by atoms with Gasteiger partial charge in [0.25, 0.3) is 5.91 Å². The third-order valence-corrected chi connectivity index (χ3v) is 4.45. The highest BCUT2D eigenvalue weighted by molar-refractivity contribution is 5.94. The summed E-state index contributed by atoms with van der Waals surface area (Å²) in [4.78, 5) is 14.5. The minimum atomic E-state index is 0.107. The second kappa shape index (κ2) is 6.32. The number of hydrogen-bond acceptors (Lipinski definition) is 3. The quantitative estimate of drug-likeness (QED) is 0.943. The average molecular weight is 298 g/mol. The van der Waals surface area contributed by atoms with E-state index in [2.05, 4.69) is 12.0 Å². The number of amides is 1. The molecule has 22 heavy (non-hydrogen) atoms. The first-order chi connectivity index (χ1) is 10.6. The number of piperidine rings is 1. The highest BCUT2D eigenvalue weighted by Gasteiger charge is 2.25. The van der Waals surface area contributed by atoms with Crippen molar-refractivity contribution in [2.24, 2.45) is 11.7 Å². The predicted octanol–water partition coefficient (Wildman–Crippen LogP) is 2.07. The molecule has 1 fully saturated rings. The minimum absolute atomic E-state index is 0.107. The molecule has 1 saturated heterocycles. The van der Waals surface area contributed by atoms with Gasteiger partial charge in [0.1, 0.15) is 0 Å². The van der Waals surface area contributed by atoms with E-state index in [0.29, 0.717) is 5.92 Å². The molecule has 2 heterocycles. The smallest absolute Gasteiger partial charge is 0.253 e. The van der Waals surface area contributed by atoms with Crippen LogP contribution in [-0.2, 0) is 0 Å². The van der Waals surface area contributed by atoms with Gasteiger partial charge in [0.2, 0.25) is 0 Å². The molecule has 1 atom stereocenters. The van der Waals surface area contributed by atoms with Gasteiger partial charge in [-0.3, -0.25) is 4.79 Å². The van der Waals surface area contributed by atoms with E-state index in [4.69, 9.17) is 5.73 Å². The van der Waals surface area contributed by atoms with Crippen molar-refractivity contribution in [1.29, 1.82) is 0 Å². The Bertz CT molecular complexity index is 611. The maximum absolute atomic E-state index is 12.5. The molecule has 1 aliphatic heterocycles. The lowest BCUT2D eigenvalue weighted by Crippen LogP contribution is -2.42. The number of rotatable bonds is 3. The van der Waals surface area contributed by atoms with Crippen molar-refractivity contribution in [3.8, 4) is 5.69 Å². The Morgan fingerprint density at radius 3 is 2.50 bits per heavy atom. The fourth-order valence-corrected chi connectivity index (χ4v) is 2.99. The zero-order valence-corrected chi connectivity index (χ0v) is 12.9. The Balaban J connectivity index is 1.66. The Labute approximate surface area is 130 Å². The van der Waals surface area contributed by atoms with Crippen LogP contribution < -0.4 is 5.73 Å². The van der Waals surface area contributed by atoms with E-state index in [1.807, 2.05) is 41.4 Å². The van der Waals surface area contributed by atoms with Gasteiger partial charge in [-0.15, -0.1) is 0 Å². The van der Waals surface area contributed by atoms with Gasteiger partial charge in [-0.2, -0.15) is 5.10 Å². The SMILES string of the molecule is CC(N)C1CCN(C(=O)c2ccc(-n3cccn3)cc2)CC1. The van der Waals surface area contributed by atoms with Crippen LogP contribution in [0.15, 0.2) is 42.7 Å². The number of nitrogens with two attached hydrogens (primary N) is 1. The van der Waals surface area contributed by atoms with Crippen LogP contribution in [0.1, 0.15) is 30.1 Å². The molecular formula is C17H22N4O. The highest BCUT2D eigenvalue weighted by Crippen LogP contribution is 2.21. The first-order valence-electron chi connectivity index (χ1n) is 7.80. The molecule has 5 heteroatoms. The van der Waals surface area contributed by atoms with E-state index in [1.165, 1.54) is 0 Å². The lowest BCUT2D eigenvalue weighted by atomic mass is 9.90. The topological polar surface area (TPSA) is 64.2 Å². The second-order valence-corrected chi connectivity index (χ2v) is 5.99. The third kappa shape index (κ3) is 3.04. The van der Waals surface area contributed by atoms with Crippen molar-refractivity contribution in [3.63, 3.8) is 0 Å². The normalized spacial score (nSPS) is 17.5. The zero-order chi connectivity index (χ0) is 15.5. The van der Waals surface area contributed by atoms with Crippen LogP contribution >= 0.6 is 0 Å². The molecule has 0 spiro atoms. The van der Waals surface area contributed by atoms with Crippen molar-refractivity contribution in [1.82, 2.24) is 14.7 Å². The van der Waals surface area contributed by atoms with Crippen molar-refractivity contribution < 1.29 is 4.79 Å². The molecule has 3 rings (SSSR count). The Hall–Kier alpha value is -2.14. The number of carbonyl (C=O) groups excluding carboxylic acids is 1. The molecule has 5 nitrogen and oxygen atoms in total. The number of likely N-dealkylation sites (tertiary alicyclic amines) is 1. The molecule has 2 aromatic rings. The summed E-state index contributed by atoms with van der Waals surface area (Å²) in [5.41, 5.74) is 7.64. The lowest BCUT2D eigenvalue weighted by Gasteiger charge is -2.33. The molecule has 1 aliphatic rings. The molecule has 1 amide bonds. The number of nitrogens with zero attached hydrogens (tertiary/aromatic N) is 3. The van der Waals surface area contributed by atoms with E-state index in [9.17, 15) is 4.79 Å². The molecule has 0 radical (unpaired) electrons. The summed E-state index contributed by atoms with van der Waals surface area (Å²) >= 11 is 0. The maximum Gasteiger partial charge on any atom is 0.253 e. The lowest BCUT2D eigenvalue weighted by molar-refractivity contribution is 0.0681. The molecule has 1 aromatic carbocycles. The standard InChI is InChI=1S/C17H22N4O/c1-13(18)14-7-11-20(12-8-14)17(22)15-3-5-16(6-4-15)21-10-2-9-19-21/h2-6,9-10,13-14H,7-8,11-12,18H2,1H3. The molecule has 1 aromatic heterocycles. The first-order valence-corrected chi connectivity index (χ1v) is 7.80. The van der Waals surface area contributed by atoms with Crippen molar-refractivity contribution >= 4 is 5.91 Å². The van der Waals surface area contributed by atoms with Crippen LogP contribution in [0.3, 0.4) is 0 Å². The van der Waals surface area contributed by atoms with Crippen LogP contribution in [0.2, 0.25) is 0 Å². The van der Waals surface area contributed by atoms with Gasteiger partial charge in [0.15, 0.2) is 0 Å². The molecule has 0 saturated carbocycles. The number of aromatic nitrogens is 2. The van der Waals surface area contributed by atoms with Crippen molar-refractivity contribution in [2.45, 2.75) is 25.8 Å². The van der Waals surface area contributed by atoms with E-state index in [-0.39, 0.29) is 11.9 Å². The Morgan fingerprint density at radius 2 is 1.95 bits per heavy atom. The number of carbonyl (C=O) groups is 1. The van der Waals surface area contributed by atoms with Gasteiger partial charge in [-0.25, -0.2) is 4.68 Å². The summed E-state index contributed by atoms with van der Waals surface area (Å²) in [6.45, 7) is 3.65. The summed E-state index contributed by atoms with van der Waals surface area (Å²) in [6.07, 6.45) is 5.61. The summed E-state index contributed by atoms with van der Waals surface area (Å²) in [6, 6.07) is 9.69. The molecule has 116 valence electrons. The predicted molar refractivity (Wildman–Crippen MR) is 85.8 cm³/mol. The van der Waals surface area contributed by atoms with Gasteiger partial charge in [-0.1, -0.05) is 0 Å². The van der Waals surface area contributed by atoms with Gasteiger partial charge in [-0.05, 0) is 56.0 Å². The summed E-state index contributed by atoms with van der Waals surface area (Å²) in [7, 11) is 0. The third-order valence-electron chi connectivity index (χ3n) is 4.45. The fraction of sp³-hybridized carbons (Fsp3) is 0.412. The summed E-state index contributed by atoms with van der Waals surface area (Å²) in [5.74, 6) is 0.640. The number of hydrogen-bond donors (Lipinski definition) is 1. The number of benzene rings is 1. The van der Waals surface area contributed by atoms with Crippen molar-refractivity contribution in [3.05, 3.63) is 48.3 Å². The van der Waals surface area contributed by atoms with Crippen LogP contribution in [0, 0.1) is 5.92 Å². The van der Waals surface area contributed by atoms with E-state index in [1.54, 1.807) is 10.9 Å². The highest BCUT2D eigenvalue weighted by atomic mass is 16.2. The molecular weight excluding hydrogens is 276 g/mol. The maximum atomic E-state index is 12.5. The monoisotopic (exact) mass is 298 g/mol. The second-order valence-electron chi connectivity index (χ2n) is 5.99. The van der Waals surface area contributed by atoms with E-state index in [0.717, 1.165) is 37.2 Å². The van der Waals surface area contributed by atoms with Gasteiger partial charge >= 0.3 is 0 Å². The van der Waals surface area contributed by atoms with Crippen LogP contribution in [0.5, 0.6) is 0 Å². The Morgan fingerprint density at radius 1 is 1.27 bits per heavy atom. The van der Waals surface area contributed by atoms with Gasteiger partial charge in [0.05, 0.1) is 5.69 Å². The molecule has 2 N–H and O–H groups in total. The summed E-state index contributed by atoms with van der Waals surface area (Å²) in [5, 5.41) is 4.19. The van der Waals surface area contributed by atoms with E-state index >= 15 is 0 Å². The largest absolute Gasteiger partial charge is 0.339 e. The Kier molecular flexibility index (Phi) is 4.24. The van der Waals surface area contributed by atoms with E-state index < -0.39 is 0 Å². The van der Waals surface area contributed by atoms with Crippen molar-refractivity contribution in [2.75, 3.05) is 13.1 Å². The minimum Gasteiger partial charge on any atom is -0.339 e. The summed E-state index contributed by atoms with van der Waals surface area (Å²) < 4.78 is 1.78. The van der Waals surface area contributed by atoms with Gasteiger partial charge < -0.3 is 10.6 Å². The fourth-order valence-electron chi connectivity index (χ4n) is 2.99.